The topological polar surface area (TPSA) is 67.2 Å². The summed E-state index contributed by atoms with van der Waals surface area (Å²) in [4.78, 5) is 12.7. The third kappa shape index (κ3) is 2.97. The van der Waals surface area contributed by atoms with Crippen molar-refractivity contribution in [2.75, 3.05) is 0 Å². The van der Waals surface area contributed by atoms with E-state index in [1.54, 1.807) is 0 Å². The lowest BCUT2D eigenvalue weighted by Crippen LogP contribution is -2.47. The van der Waals surface area contributed by atoms with E-state index in [0.29, 0.717) is 5.39 Å². The molecule has 5 heteroatoms. The second-order valence-electron chi connectivity index (χ2n) is 6.65. The smallest absolute Gasteiger partial charge is 0.274 e. The Labute approximate surface area is 145 Å². The molecule has 0 unspecified atom stereocenters. The highest BCUT2D eigenvalue weighted by molar-refractivity contribution is 5.83. The minimum atomic E-state index is -0.681. The van der Waals surface area contributed by atoms with Gasteiger partial charge in [0.15, 0.2) is 0 Å². The van der Waals surface area contributed by atoms with E-state index < -0.39 is 6.10 Å². The Hall–Kier alpha value is -2.50. The second-order valence-corrected chi connectivity index (χ2v) is 6.65. The molecule has 0 aliphatic carbocycles. The standard InChI is InChI=1S/C20H21N3O2/c1-13-16-8-4-5-9-17(16)20(25)23(22-13)12-19(24)18-10-14-6-2-3-7-15(14)11-21-18/h2-9,18-19,21,24H,10-12H2,1H3/t18-,19+/m0/s1. The van der Waals surface area contributed by atoms with E-state index in [1.807, 2.05) is 43.3 Å². The number of benzene rings is 2. The summed E-state index contributed by atoms with van der Waals surface area (Å²) in [7, 11) is 0. The Morgan fingerprint density at radius 1 is 1.16 bits per heavy atom. The third-order valence-electron chi connectivity index (χ3n) is 4.99. The van der Waals surface area contributed by atoms with Crippen LogP contribution in [0.3, 0.4) is 0 Å². The summed E-state index contributed by atoms with van der Waals surface area (Å²) in [6.45, 7) is 2.81. The Balaban J connectivity index is 1.60. The van der Waals surface area contributed by atoms with Crippen molar-refractivity contribution in [3.63, 3.8) is 0 Å². The van der Waals surface area contributed by atoms with E-state index in [2.05, 4.69) is 22.5 Å². The minimum Gasteiger partial charge on any atom is -0.390 e. The summed E-state index contributed by atoms with van der Waals surface area (Å²) in [5, 5.41) is 20.0. The number of hydrogen-bond donors (Lipinski definition) is 2. The summed E-state index contributed by atoms with van der Waals surface area (Å²) < 4.78 is 1.39. The lowest BCUT2D eigenvalue weighted by Gasteiger charge is -2.30. The maximum Gasteiger partial charge on any atom is 0.274 e. The number of aliphatic hydroxyl groups is 1. The van der Waals surface area contributed by atoms with Crippen molar-refractivity contribution >= 4 is 10.8 Å². The monoisotopic (exact) mass is 335 g/mol. The molecule has 1 aliphatic rings. The summed E-state index contributed by atoms with van der Waals surface area (Å²) in [6, 6.07) is 15.6. The zero-order chi connectivity index (χ0) is 17.4. The highest BCUT2D eigenvalue weighted by Gasteiger charge is 2.25. The van der Waals surface area contributed by atoms with Gasteiger partial charge in [0.05, 0.1) is 23.7 Å². The first kappa shape index (κ1) is 16.0. The van der Waals surface area contributed by atoms with E-state index in [1.165, 1.54) is 15.8 Å². The van der Waals surface area contributed by atoms with Crippen molar-refractivity contribution in [1.82, 2.24) is 15.1 Å². The molecule has 0 saturated carbocycles. The number of aryl methyl sites for hydroxylation is 1. The molecular weight excluding hydrogens is 314 g/mol. The van der Waals surface area contributed by atoms with Crippen LogP contribution in [0.4, 0.5) is 0 Å². The molecule has 25 heavy (non-hydrogen) atoms. The lowest BCUT2D eigenvalue weighted by atomic mass is 9.93. The molecule has 0 amide bonds. The zero-order valence-corrected chi connectivity index (χ0v) is 14.1. The Bertz CT molecular complexity index is 980. The summed E-state index contributed by atoms with van der Waals surface area (Å²) in [6.07, 6.45) is 0.0673. The molecule has 5 nitrogen and oxygen atoms in total. The minimum absolute atomic E-state index is 0.0876. The Kier molecular flexibility index (Phi) is 4.11. The molecule has 128 valence electrons. The molecule has 0 spiro atoms. The van der Waals surface area contributed by atoms with Gasteiger partial charge in [-0.05, 0) is 30.5 Å². The van der Waals surface area contributed by atoms with E-state index in [0.717, 1.165) is 24.0 Å². The van der Waals surface area contributed by atoms with Gasteiger partial charge in [0.1, 0.15) is 0 Å². The van der Waals surface area contributed by atoms with Gasteiger partial charge in [-0.1, -0.05) is 42.5 Å². The van der Waals surface area contributed by atoms with E-state index in [-0.39, 0.29) is 18.1 Å². The summed E-state index contributed by atoms with van der Waals surface area (Å²) >= 11 is 0. The first-order valence-corrected chi connectivity index (χ1v) is 8.58. The Morgan fingerprint density at radius 3 is 2.64 bits per heavy atom. The van der Waals surface area contributed by atoms with Gasteiger partial charge in [0.2, 0.25) is 0 Å². The van der Waals surface area contributed by atoms with Gasteiger partial charge < -0.3 is 10.4 Å². The molecule has 0 radical (unpaired) electrons. The third-order valence-corrected chi connectivity index (χ3v) is 4.99. The second kappa shape index (κ2) is 6.43. The van der Waals surface area contributed by atoms with Gasteiger partial charge in [0.25, 0.3) is 5.56 Å². The number of fused-ring (bicyclic) bond motifs is 2. The molecule has 2 atom stereocenters. The van der Waals surface area contributed by atoms with Crippen LogP contribution in [0.25, 0.3) is 10.8 Å². The highest BCUT2D eigenvalue weighted by Crippen LogP contribution is 2.18. The number of aromatic nitrogens is 2. The van der Waals surface area contributed by atoms with Gasteiger partial charge in [-0.3, -0.25) is 4.79 Å². The molecule has 4 rings (SSSR count). The van der Waals surface area contributed by atoms with Gasteiger partial charge >= 0.3 is 0 Å². The fourth-order valence-corrected chi connectivity index (χ4v) is 3.58. The van der Waals surface area contributed by atoms with Crippen LogP contribution in [0.15, 0.2) is 53.3 Å². The van der Waals surface area contributed by atoms with E-state index >= 15 is 0 Å². The molecule has 2 aromatic carbocycles. The number of rotatable bonds is 3. The quantitative estimate of drug-likeness (QED) is 0.766. The number of aliphatic hydroxyl groups excluding tert-OH is 1. The maximum atomic E-state index is 12.7. The van der Waals surface area contributed by atoms with Crippen LogP contribution < -0.4 is 10.9 Å². The number of nitrogens with zero attached hydrogens (tertiary/aromatic N) is 2. The largest absolute Gasteiger partial charge is 0.390 e. The molecule has 3 aromatic rings. The predicted octanol–water partition coefficient (Wildman–Crippen LogP) is 1.78. The van der Waals surface area contributed by atoms with Crippen LogP contribution in [-0.4, -0.2) is 27.0 Å². The average molecular weight is 335 g/mol. The Morgan fingerprint density at radius 2 is 1.84 bits per heavy atom. The van der Waals surface area contributed by atoms with Gasteiger partial charge in [-0.25, -0.2) is 4.68 Å². The lowest BCUT2D eigenvalue weighted by molar-refractivity contribution is 0.0997. The van der Waals surface area contributed by atoms with Crippen LogP contribution in [-0.2, 0) is 19.5 Å². The van der Waals surface area contributed by atoms with Gasteiger partial charge in [0, 0.05) is 18.0 Å². The predicted molar refractivity (Wildman–Crippen MR) is 97.5 cm³/mol. The molecule has 2 heterocycles. The molecule has 0 fully saturated rings. The van der Waals surface area contributed by atoms with Crippen LogP contribution in [0.5, 0.6) is 0 Å². The van der Waals surface area contributed by atoms with Crippen LogP contribution >= 0.6 is 0 Å². The van der Waals surface area contributed by atoms with Crippen LogP contribution in [0.2, 0.25) is 0 Å². The van der Waals surface area contributed by atoms with Crippen molar-refractivity contribution in [2.24, 2.45) is 0 Å². The zero-order valence-electron chi connectivity index (χ0n) is 14.1. The van der Waals surface area contributed by atoms with Gasteiger partial charge in [-0.15, -0.1) is 0 Å². The van der Waals surface area contributed by atoms with Crippen LogP contribution in [0.1, 0.15) is 16.8 Å². The van der Waals surface area contributed by atoms with Crippen molar-refractivity contribution < 1.29 is 5.11 Å². The fourth-order valence-electron chi connectivity index (χ4n) is 3.58. The summed E-state index contributed by atoms with van der Waals surface area (Å²) in [5.74, 6) is 0. The SMILES string of the molecule is Cc1nn(C[C@@H](O)[C@@H]2Cc3ccccc3CN2)c(=O)c2ccccc12. The average Bonchev–Trinajstić information content (AvgIpc) is 2.65. The van der Waals surface area contributed by atoms with E-state index in [9.17, 15) is 9.90 Å². The highest BCUT2D eigenvalue weighted by atomic mass is 16.3. The summed E-state index contributed by atoms with van der Waals surface area (Å²) in [5.41, 5.74) is 3.16. The maximum absolute atomic E-state index is 12.7. The van der Waals surface area contributed by atoms with Gasteiger partial charge in [-0.2, -0.15) is 5.10 Å². The molecule has 0 bridgehead atoms. The van der Waals surface area contributed by atoms with Crippen molar-refractivity contribution in [3.05, 3.63) is 75.7 Å². The first-order chi connectivity index (χ1) is 12.1. The molecule has 1 aromatic heterocycles. The van der Waals surface area contributed by atoms with E-state index in [4.69, 9.17) is 0 Å². The number of nitrogens with one attached hydrogen (secondary N) is 1. The fraction of sp³-hybridized carbons (Fsp3) is 0.300. The first-order valence-electron chi connectivity index (χ1n) is 8.58. The van der Waals surface area contributed by atoms with Crippen molar-refractivity contribution in [2.45, 2.75) is 38.6 Å². The van der Waals surface area contributed by atoms with Crippen molar-refractivity contribution in [1.29, 1.82) is 0 Å². The molecule has 1 aliphatic heterocycles. The molecular formula is C20H21N3O2. The molecule has 2 N–H and O–H groups in total. The van der Waals surface area contributed by atoms with Crippen LogP contribution in [0, 0.1) is 6.92 Å². The van der Waals surface area contributed by atoms with Crippen molar-refractivity contribution in [3.8, 4) is 0 Å². The number of hydrogen-bond acceptors (Lipinski definition) is 4. The normalized spacial score (nSPS) is 18.1. The molecule has 0 saturated heterocycles.